The molecule has 7 atom stereocenters. The fourth-order valence-electron chi connectivity index (χ4n) is 7.19. The van der Waals surface area contributed by atoms with Crippen LogP contribution in [0.5, 0.6) is 0 Å². The number of carbonyl (C=O) groups excluding carboxylic acids is 1. The van der Waals surface area contributed by atoms with Crippen LogP contribution in [0.4, 0.5) is 5.69 Å². The monoisotopic (exact) mass is 401 g/mol. The number of benzene rings is 2. The Labute approximate surface area is 179 Å². The van der Waals surface area contributed by atoms with Crippen LogP contribution >= 0.6 is 0 Å². The fourth-order valence-corrected chi connectivity index (χ4v) is 7.19. The smallest absolute Gasteiger partial charge is 0.258 e. The Bertz CT molecular complexity index is 971. The third-order valence-electron chi connectivity index (χ3n) is 8.99. The molecule has 0 spiro atoms. The Morgan fingerprint density at radius 3 is 2.30 bits per heavy atom. The maximum atomic E-state index is 13.2. The zero-order valence-electron chi connectivity index (χ0n) is 18.1. The fraction of sp³-hybridized carbons (Fsp3) is 0.519. The number of para-hydroxylation sites is 1. The molecular weight excluding hydrogens is 370 g/mol. The number of carbonyl (C=O) groups is 1. The average Bonchev–Trinajstić information content (AvgIpc) is 3.27. The molecular formula is C27H31NO2. The second kappa shape index (κ2) is 6.20. The molecule has 0 radical (unpaired) electrons. The third kappa shape index (κ3) is 2.51. The van der Waals surface area contributed by atoms with Gasteiger partial charge in [-0.1, -0.05) is 62.4 Å². The molecule has 1 amide bonds. The van der Waals surface area contributed by atoms with E-state index in [0.29, 0.717) is 17.3 Å². The molecule has 30 heavy (non-hydrogen) atoms. The van der Waals surface area contributed by atoms with Crippen LogP contribution < -0.4 is 4.90 Å². The molecule has 0 bridgehead atoms. The summed E-state index contributed by atoms with van der Waals surface area (Å²) in [5, 5.41) is 0. The highest BCUT2D eigenvalue weighted by Gasteiger charge is 2.70. The summed E-state index contributed by atoms with van der Waals surface area (Å²) < 4.78 is 6.71. The van der Waals surface area contributed by atoms with Crippen LogP contribution in [0.2, 0.25) is 0 Å². The minimum absolute atomic E-state index is 0.136. The largest absolute Gasteiger partial charge is 0.360 e. The van der Waals surface area contributed by atoms with Crippen molar-refractivity contribution < 1.29 is 9.53 Å². The van der Waals surface area contributed by atoms with Crippen molar-refractivity contribution in [2.24, 2.45) is 29.1 Å². The van der Waals surface area contributed by atoms with Crippen LogP contribution in [0.25, 0.3) is 0 Å². The van der Waals surface area contributed by atoms with E-state index in [2.05, 4.69) is 63.2 Å². The van der Waals surface area contributed by atoms with E-state index in [1.807, 2.05) is 23.1 Å². The molecule has 0 unspecified atom stereocenters. The summed E-state index contributed by atoms with van der Waals surface area (Å²) in [5.41, 5.74) is 2.61. The summed E-state index contributed by atoms with van der Waals surface area (Å²) in [5.74, 6) is 2.59. The average molecular weight is 402 g/mol. The number of hydrogen-bond donors (Lipinski definition) is 0. The molecule has 2 saturated heterocycles. The van der Waals surface area contributed by atoms with Crippen molar-refractivity contribution in [2.45, 2.75) is 57.8 Å². The molecule has 2 aliphatic heterocycles. The summed E-state index contributed by atoms with van der Waals surface area (Å²) in [6.45, 7) is 7.14. The zero-order chi connectivity index (χ0) is 20.7. The molecule has 0 aromatic heterocycles. The number of nitrogens with zero attached hydrogens (tertiary/aromatic N) is 1. The van der Waals surface area contributed by atoms with Gasteiger partial charge in [0.05, 0.1) is 11.6 Å². The Hall–Kier alpha value is -2.13. The maximum absolute atomic E-state index is 13.2. The van der Waals surface area contributed by atoms with Gasteiger partial charge in [0.2, 0.25) is 0 Å². The zero-order valence-corrected chi connectivity index (χ0v) is 18.1. The van der Waals surface area contributed by atoms with Gasteiger partial charge in [-0.05, 0) is 73.0 Å². The summed E-state index contributed by atoms with van der Waals surface area (Å²) in [4.78, 5) is 15.3. The number of anilines is 1. The predicted molar refractivity (Wildman–Crippen MR) is 118 cm³/mol. The van der Waals surface area contributed by atoms with Crippen LogP contribution in [0.1, 0.15) is 39.2 Å². The molecule has 2 aromatic carbocycles. The first-order chi connectivity index (χ1) is 14.4. The van der Waals surface area contributed by atoms with Crippen LogP contribution in [0.15, 0.2) is 60.7 Å². The molecule has 2 aromatic rings. The van der Waals surface area contributed by atoms with Gasteiger partial charge in [-0.2, -0.15) is 0 Å². The first-order valence-electron chi connectivity index (χ1n) is 11.5. The van der Waals surface area contributed by atoms with E-state index in [1.165, 1.54) is 12.0 Å². The highest BCUT2D eigenvalue weighted by atomic mass is 16.5. The summed E-state index contributed by atoms with van der Waals surface area (Å²) in [6, 6.07) is 21.1. The number of hydrogen-bond acceptors (Lipinski definition) is 2. The highest BCUT2D eigenvalue weighted by Crippen LogP contribution is 2.70. The molecule has 2 aliphatic carbocycles. The molecule has 3 heteroatoms. The van der Waals surface area contributed by atoms with Crippen LogP contribution in [0, 0.1) is 29.1 Å². The van der Waals surface area contributed by atoms with Crippen molar-refractivity contribution in [3.63, 3.8) is 0 Å². The number of fused-ring (bicyclic) bond motifs is 3. The molecule has 4 aliphatic rings. The van der Waals surface area contributed by atoms with Crippen LogP contribution in [-0.2, 0) is 16.0 Å². The lowest BCUT2D eigenvalue weighted by Crippen LogP contribution is -2.76. The third-order valence-corrected chi connectivity index (χ3v) is 8.99. The topological polar surface area (TPSA) is 29.5 Å². The molecule has 4 fully saturated rings. The standard InChI is InChI=1S/C27H31NO2/c1-26(2)21-15-20-19(14-17-10-6-4-7-11-17)23-24(30-27(20,3)16-22(21)26)25(29)28(23)18-12-8-5-9-13-18/h4-13,19-24H,14-16H2,1-3H3/t19-,20+,21+,22-,23+,24-,27+/m0/s1. The maximum Gasteiger partial charge on any atom is 0.258 e. The van der Waals surface area contributed by atoms with Crippen molar-refractivity contribution in [1.82, 2.24) is 0 Å². The number of rotatable bonds is 3. The second-order valence-electron chi connectivity index (χ2n) is 10.8. The molecule has 156 valence electrons. The first-order valence-corrected chi connectivity index (χ1v) is 11.5. The van der Waals surface area contributed by atoms with Gasteiger partial charge in [0.25, 0.3) is 5.91 Å². The number of amides is 1. The molecule has 6 rings (SSSR count). The number of ether oxygens (including phenoxy) is 1. The van der Waals surface area contributed by atoms with Crippen LogP contribution in [-0.4, -0.2) is 23.7 Å². The van der Waals surface area contributed by atoms with E-state index in [4.69, 9.17) is 4.74 Å². The van der Waals surface area contributed by atoms with Gasteiger partial charge in [-0.15, -0.1) is 0 Å². The van der Waals surface area contributed by atoms with Gasteiger partial charge >= 0.3 is 0 Å². The predicted octanol–water partition coefficient (Wildman–Crippen LogP) is 5.10. The van der Waals surface area contributed by atoms with E-state index in [9.17, 15) is 4.79 Å². The summed E-state index contributed by atoms with van der Waals surface area (Å²) in [6.07, 6.45) is 3.05. The number of β-lactam (4-membered cyclic amide) rings is 1. The van der Waals surface area contributed by atoms with Crippen molar-refractivity contribution in [3.05, 3.63) is 66.2 Å². The van der Waals surface area contributed by atoms with Gasteiger partial charge in [-0.3, -0.25) is 4.79 Å². The SMILES string of the molecule is CC1(C)[C@@H]2C[C@@H]3[C@H](Cc4ccccc4)[C@@H]4[C@H](O[C@]3(C)C[C@@H]21)C(=O)N4c1ccccc1. The lowest BCUT2D eigenvalue weighted by molar-refractivity contribution is -0.218. The van der Waals surface area contributed by atoms with E-state index < -0.39 is 0 Å². The van der Waals surface area contributed by atoms with Gasteiger partial charge in [-0.25, -0.2) is 0 Å². The molecule has 3 nitrogen and oxygen atoms in total. The van der Waals surface area contributed by atoms with Crippen molar-refractivity contribution >= 4 is 11.6 Å². The minimum atomic E-state index is -0.293. The summed E-state index contributed by atoms with van der Waals surface area (Å²) >= 11 is 0. The minimum Gasteiger partial charge on any atom is -0.360 e. The van der Waals surface area contributed by atoms with Gasteiger partial charge in [0, 0.05) is 5.69 Å². The first kappa shape index (κ1) is 18.6. The highest BCUT2D eigenvalue weighted by molar-refractivity contribution is 6.05. The van der Waals surface area contributed by atoms with Crippen molar-refractivity contribution in [3.8, 4) is 0 Å². The lowest BCUT2D eigenvalue weighted by atomic mass is 9.61. The Morgan fingerprint density at radius 1 is 0.933 bits per heavy atom. The van der Waals surface area contributed by atoms with E-state index in [0.717, 1.165) is 30.4 Å². The lowest BCUT2D eigenvalue weighted by Gasteiger charge is -2.62. The quantitative estimate of drug-likeness (QED) is 0.670. The molecule has 0 N–H and O–H groups in total. The van der Waals surface area contributed by atoms with Gasteiger partial charge in [0.1, 0.15) is 0 Å². The van der Waals surface area contributed by atoms with Gasteiger partial charge < -0.3 is 9.64 Å². The Kier molecular flexibility index (Phi) is 3.85. The Morgan fingerprint density at radius 2 is 1.60 bits per heavy atom. The van der Waals surface area contributed by atoms with E-state index in [1.54, 1.807) is 0 Å². The van der Waals surface area contributed by atoms with Crippen molar-refractivity contribution in [1.29, 1.82) is 0 Å². The molecule has 2 saturated carbocycles. The van der Waals surface area contributed by atoms with E-state index >= 15 is 0 Å². The van der Waals surface area contributed by atoms with Crippen molar-refractivity contribution in [2.75, 3.05) is 4.90 Å². The van der Waals surface area contributed by atoms with Crippen LogP contribution in [0.3, 0.4) is 0 Å². The van der Waals surface area contributed by atoms with Gasteiger partial charge in [0.15, 0.2) is 6.10 Å². The Balaban J connectivity index is 1.40. The summed E-state index contributed by atoms with van der Waals surface area (Å²) in [7, 11) is 0. The second-order valence-corrected chi connectivity index (χ2v) is 10.8. The van der Waals surface area contributed by atoms with E-state index in [-0.39, 0.29) is 23.7 Å². The normalized spacial score (nSPS) is 40.6. The molecule has 2 heterocycles.